The lowest BCUT2D eigenvalue weighted by Gasteiger charge is -2.34. The quantitative estimate of drug-likeness (QED) is 0.749. The summed E-state index contributed by atoms with van der Waals surface area (Å²) < 4.78 is 36.8. The Morgan fingerprint density at radius 1 is 1.22 bits per heavy atom. The second kappa shape index (κ2) is 5.87. The first-order valence-corrected chi connectivity index (χ1v) is 8.54. The smallest absolute Gasteiger partial charge is 0.373 e. The molecule has 0 bridgehead atoms. The predicted molar refractivity (Wildman–Crippen MR) is 77.4 cm³/mol. The number of hydrogen-bond acceptors (Lipinski definition) is 6. The number of rotatable bonds is 3. The normalized spacial score (nSPS) is 23.0. The minimum atomic E-state index is -3.59. The highest BCUT2D eigenvalue weighted by Gasteiger charge is 2.32. The van der Waals surface area contributed by atoms with Gasteiger partial charge in [-0.2, -0.15) is 4.31 Å². The molecule has 0 spiro atoms. The average molecular weight is 341 g/mol. The molecule has 124 valence electrons. The third-order valence-electron chi connectivity index (χ3n) is 3.51. The fourth-order valence-electron chi connectivity index (χ4n) is 2.55. The van der Waals surface area contributed by atoms with Gasteiger partial charge < -0.3 is 4.74 Å². The molecule has 3 rings (SSSR count). The number of aromatic amines is 1. The topological polar surface area (TPSA) is 109 Å². The second-order valence-electron chi connectivity index (χ2n) is 5.46. The number of morpholine rings is 1. The summed E-state index contributed by atoms with van der Waals surface area (Å²) in [6, 6.07) is 6.02. The molecule has 2 aromatic rings. The van der Waals surface area contributed by atoms with Gasteiger partial charge in [0.15, 0.2) is 0 Å². The summed E-state index contributed by atoms with van der Waals surface area (Å²) in [5.41, 5.74) is 0.485. The molecule has 1 aliphatic heterocycles. The largest absolute Gasteiger partial charge is 0.493 e. The van der Waals surface area contributed by atoms with E-state index >= 15 is 0 Å². The number of ether oxygens (including phenoxy) is 1. The SMILES string of the molecule is C[C@@H]1CN(S(=O)(=O)c2ccc(-[n+]3noc(=O)[nH]3)cc2)C[C@@H](C)O1. The van der Waals surface area contributed by atoms with Gasteiger partial charge in [0.25, 0.3) is 5.69 Å². The average Bonchev–Trinajstić information content (AvgIpc) is 2.93. The minimum Gasteiger partial charge on any atom is -0.373 e. The van der Waals surface area contributed by atoms with Crippen LogP contribution < -0.4 is 10.6 Å². The molecule has 0 aliphatic carbocycles. The monoisotopic (exact) mass is 341 g/mol. The van der Waals surface area contributed by atoms with E-state index in [1.54, 1.807) is 12.1 Å². The minimum absolute atomic E-state index is 0.149. The van der Waals surface area contributed by atoms with Crippen LogP contribution in [0.1, 0.15) is 13.8 Å². The van der Waals surface area contributed by atoms with Crippen molar-refractivity contribution in [3.05, 3.63) is 34.8 Å². The molecule has 2 atom stereocenters. The summed E-state index contributed by atoms with van der Waals surface area (Å²) in [6.07, 6.45) is -0.299. The summed E-state index contributed by atoms with van der Waals surface area (Å²) >= 11 is 0. The van der Waals surface area contributed by atoms with Crippen LogP contribution in [0.3, 0.4) is 0 Å². The zero-order valence-electron chi connectivity index (χ0n) is 12.7. The van der Waals surface area contributed by atoms with Crippen LogP contribution in [0.5, 0.6) is 0 Å². The van der Waals surface area contributed by atoms with Gasteiger partial charge in [-0.25, -0.2) is 17.7 Å². The number of aromatic nitrogens is 3. The van der Waals surface area contributed by atoms with E-state index in [2.05, 4.69) is 14.9 Å². The second-order valence-corrected chi connectivity index (χ2v) is 7.40. The van der Waals surface area contributed by atoms with Crippen molar-refractivity contribution < 1.29 is 22.5 Å². The van der Waals surface area contributed by atoms with Gasteiger partial charge in [0.1, 0.15) is 0 Å². The van der Waals surface area contributed by atoms with Gasteiger partial charge in [-0.3, -0.25) is 0 Å². The van der Waals surface area contributed by atoms with E-state index in [1.807, 2.05) is 13.8 Å². The van der Waals surface area contributed by atoms with E-state index in [-0.39, 0.29) is 17.1 Å². The van der Waals surface area contributed by atoms with Crippen LogP contribution in [0.4, 0.5) is 0 Å². The maximum atomic E-state index is 12.7. The highest BCUT2D eigenvalue weighted by molar-refractivity contribution is 7.89. The lowest BCUT2D eigenvalue weighted by Crippen LogP contribution is -2.48. The highest BCUT2D eigenvalue weighted by Crippen LogP contribution is 2.21. The first-order valence-electron chi connectivity index (χ1n) is 7.10. The van der Waals surface area contributed by atoms with Crippen molar-refractivity contribution in [2.75, 3.05) is 13.1 Å². The van der Waals surface area contributed by atoms with E-state index in [9.17, 15) is 13.2 Å². The van der Waals surface area contributed by atoms with Crippen LogP contribution in [0.15, 0.2) is 38.5 Å². The van der Waals surface area contributed by atoms with Crippen molar-refractivity contribution in [2.24, 2.45) is 0 Å². The van der Waals surface area contributed by atoms with Gasteiger partial charge in [0.2, 0.25) is 15.3 Å². The van der Waals surface area contributed by atoms with Gasteiger partial charge in [-0.1, -0.05) is 5.10 Å². The van der Waals surface area contributed by atoms with E-state index in [4.69, 9.17) is 4.74 Å². The van der Waals surface area contributed by atoms with Crippen molar-refractivity contribution in [2.45, 2.75) is 31.0 Å². The van der Waals surface area contributed by atoms with Gasteiger partial charge in [-0.05, 0) is 26.0 Å². The molecule has 23 heavy (non-hydrogen) atoms. The zero-order valence-corrected chi connectivity index (χ0v) is 13.5. The Hall–Kier alpha value is -2.04. The molecule has 1 N–H and O–H groups in total. The number of nitrogens with one attached hydrogen (secondary N) is 1. The molecule has 1 fully saturated rings. The Balaban J connectivity index is 1.87. The molecule has 9 nitrogen and oxygen atoms in total. The molecule has 1 aromatic carbocycles. The lowest BCUT2D eigenvalue weighted by atomic mass is 10.3. The van der Waals surface area contributed by atoms with Crippen LogP contribution in [0, 0.1) is 0 Å². The molecule has 0 unspecified atom stereocenters. The molecule has 0 saturated carbocycles. The van der Waals surface area contributed by atoms with Gasteiger partial charge in [0, 0.05) is 25.2 Å². The van der Waals surface area contributed by atoms with Crippen molar-refractivity contribution >= 4 is 10.0 Å². The summed E-state index contributed by atoms with van der Waals surface area (Å²) in [5, 5.41) is 5.82. The standard InChI is InChI=1S/C13H16N4O5S/c1-9-7-16(8-10(2)21-9)23(19,20)12-5-3-11(4-6-12)17-14-13(18)22-15-17/h3-6,9-10H,7-8H2,1-2H3/p+1/t9-,10-/m1/s1. The Morgan fingerprint density at radius 2 is 1.83 bits per heavy atom. The fraction of sp³-hybridized carbons (Fsp3) is 0.462. The van der Waals surface area contributed by atoms with Gasteiger partial charge in [0.05, 0.1) is 21.9 Å². The first kappa shape index (κ1) is 15.8. The number of H-pyrrole nitrogens is 1. The lowest BCUT2D eigenvalue weighted by molar-refractivity contribution is -0.725. The highest BCUT2D eigenvalue weighted by atomic mass is 32.2. The predicted octanol–water partition coefficient (Wildman–Crippen LogP) is -0.562. The van der Waals surface area contributed by atoms with Crippen molar-refractivity contribution in [1.82, 2.24) is 14.7 Å². The van der Waals surface area contributed by atoms with Crippen LogP contribution in [-0.2, 0) is 14.8 Å². The molecule has 1 saturated heterocycles. The molecule has 0 radical (unpaired) electrons. The van der Waals surface area contributed by atoms with Crippen LogP contribution >= 0.6 is 0 Å². The molecule has 1 aromatic heterocycles. The zero-order chi connectivity index (χ0) is 16.6. The third kappa shape index (κ3) is 3.19. The summed E-state index contributed by atoms with van der Waals surface area (Å²) in [5.74, 6) is -0.696. The molecule has 0 amide bonds. The summed E-state index contributed by atoms with van der Waals surface area (Å²) in [6.45, 7) is 4.33. The van der Waals surface area contributed by atoms with Crippen LogP contribution in [0.25, 0.3) is 5.69 Å². The van der Waals surface area contributed by atoms with Crippen LogP contribution in [0.2, 0.25) is 0 Å². The number of sulfonamides is 1. The number of nitrogens with zero attached hydrogens (tertiary/aromatic N) is 3. The van der Waals surface area contributed by atoms with Gasteiger partial charge >= 0.3 is 5.76 Å². The molecule has 2 heterocycles. The Labute approximate surface area is 132 Å². The molecular weight excluding hydrogens is 324 g/mol. The van der Waals surface area contributed by atoms with E-state index in [0.717, 1.165) is 4.80 Å². The van der Waals surface area contributed by atoms with Crippen molar-refractivity contribution in [3.63, 3.8) is 0 Å². The Morgan fingerprint density at radius 3 is 2.35 bits per heavy atom. The molecule has 10 heteroatoms. The van der Waals surface area contributed by atoms with Crippen LogP contribution in [-0.4, -0.2) is 48.4 Å². The summed E-state index contributed by atoms with van der Waals surface area (Å²) in [4.78, 5) is 12.2. The Bertz CT molecular complexity index is 832. The van der Waals surface area contributed by atoms with Crippen molar-refractivity contribution in [3.8, 4) is 5.69 Å². The maximum Gasteiger partial charge on any atom is 0.493 e. The maximum absolute atomic E-state index is 12.7. The van der Waals surface area contributed by atoms with E-state index in [0.29, 0.717) is 18.8 Å². The fourth-order valence-corrected chi connectivity index (χ4v) is 4.14. The van der Waals surface area contributed by atoms with Gasteiger partial charge in [-0.15, -0.1) is 0 Å². The Kier molecular flexibility index (Phi) is 4.04. The number of hydrogen-bond donors (Lipinski definition) is 1. The molecule has 1 aliphatic rings. The van der Waals surface area contributed by atoms with Crippen molar-refractivity contribution in [1.29, 1.82) is 0 Å². The number of benzene rings is 1. The van der Waals surface area contributed by atoms with E-state index < -0.39 is 15.8 Å². The summed E-state index contributed by atoms with van der Waals surface area (Å²) in [7, 11) is -3.59. The van der Waals surface area contributed by atoms with E-state index in [1.165, 1.54) is 16.4 Å². The first-order chi connectivity index (χ1) is 10.9. The molecular formula is C13H17N4O5S+. The third-order valence-corrected chi connectivity index (χ3v) is 5.35.